The monoisotopic (exact) mass is 375 g/mol. The summed E-state index contributed by atoms with van der Waals surface area (Å²) < 4.78 is 5.71. The molecule has 0 unspecified atom stereocenters. The Morgan fingerprint density at radius 3 is 2.54 bits per heavy atom. The Labute approximate surface area is 156 Å². The van der Waals surface area contributed by atoms with Crippen molar-refractivity contribution in [3.8, 4) is 5.75 Å². The quantitative estimate of drug-likeness (QED) is 0.876. The molecule has 1 atom stereocenters. The van der Waals surface area contributed by atoms with Gasteiger partial charge >= 0.3 is 0 Å². The first-order valence-corrected chi connectivity index (χ1v) is 8.28. The van der Waals surface area contributed by atoms with Crippen molar-refractivity contribution in [3.05, 3.63) is 24.3 Å². The fourth-order valence-electron chi connectivity index (χ4n) is 3.28. The number of hydrogen-bond acceptors (Lipinski definition) is 4. The van der Waals surface area contributed by atoms with Crippen LogP contribution < -0.4 is 15.0 Å². The van der Waals surface area contributed by atoms with E-state index in [0.29, 0.717) is 6.61 Å². The number of hydrogen-bond donors (Lipinski definition) is 1. The summed E-state index contributed by atoms with van der Waals surface area (Å²) in [6, 6.07) is 8.19. The molecule has 3 rings (SSSR count). The van der Waals surface area contributed by atoms with E-state index in [-0.39, 0.29) is 36.8 Å². The Morgan fingerprint density at radius 2 is 1.92 bits per heavy atom. The van der Waals surface area contributed by atoms with E-state index >= 15 is 0 Å². The van der Waals surface area contributed by atoms with E-state index in [4.69, 9.17) is 4.74 Å². The number of piperazine rings is 1. The molecule has 1 aromatic rings. The lowest BCUT2D eigenvalue weighted by molar-refractivity contribution is -0.133. The summed E-state index contributed by atoms with van der Waals surface area (Å²) in [6.07, 6.45) is 2.09. The fourth-order valence-corrected chi connectivity index (χ4v) is 3.28. The van der Waals surface area contributed by atoms with Crippen LogP contribution in [-0.2, 0) is 4.79 Å². The first-order chi connectivity index (χ1) is 10.8. The molecule has 2 aliphatic rings. The van der Waals surface area contributed by atoms with Crippen molar-refractivity contribution in [1.29, 1.82) is 0 Å². The number of para-hydroxylation sites is 2. The van der Waals surface area contributed by atoms with Gasteiger partial charge in [-0.25, -0.2) is 0 Å². The molecule has 136 valence electrons. The fraction of sp³-hybridized carbons (Fsp3) is 0.588. The zero-order valence-electron chi connectivity index (χ0n) is 14.1. The van der Waals surface area contributed by atoms with Crippen LogP contribution in [0.3, 0.4) is 0 Å². The topological polar surface area (TPSA) is 44.8 Å². The van der Waals surface area contributed by atoms with Gasteiger partial charge < -0.3 is 19.9 Å². The molecular weight excluding hydrogens is 349 g/mol. The van der Waals surface area contributed by atoms with Crippen LogP contribution in [0, 0.1) is 0 Å². The molecule has 0 radical (unpaired) electrons. The predicted octanol–water partition coefficient (Wildman–Crippen LogP) is 2.33. The smallest absolute Gasteiger partial charge is 0.239 e. The van der Waals surface area contributed by atoms with Gasteiger partial charge in [0.25, 0.3) is 0 Å². The highest BCUT2D eigenvalue weighted by molar-refractivity contribution is 5.85. The maximum Gasteiger partial charge on any atom is 0.239 e. The number of carbonyl (C=O) groups excluding carboxylic acids is 1. The minimum Gasteiger partial charge on any atom is -0.492 e. The number of rotatable bonds is 4. The summed E-state index contributed by atoms with van der Waals surface area (Å²) in [5, 5.41) is 3.30. The van der Waals surface area contributed by atoms with Crippen LogP contribution in [0.5, 0.6) is 5.75 Å². The molecule has 0 saturated carbocycles. The number of ether oxygens (including phenoxy) is 1. The third-order valence-electron chi connectivity index (χ3n) is 4.46. The van der Waals surface area contributed by atoms with E-state index in [0.717, 1.165) is 57.0 Å². The van der Waals surface area contributed by atoms with E-state index in [1.54, 1.807) is 0 Å². The number of benzene rings is 1. The van der Waals surface area contributed by atoms with Crippen molar-refractivity contribution in [2.75, 3.05) is 44.2 Å². The molecule has 0 bridgehead atoms. The molecule has 5 nitrogen and oxygen atoms in total. The molecule has 2 aliphatic heterocycles. The van der Waals surface area contributed by atoms with Gasteiger partial charge in [0.05, 0.1) is 18.3 Å². The second-order valence-electron chi connectivity index (χ2n) is 5.86. The average Bonchev–Trinajstić information content (AvgIpc) is 3.10. The maximum absolute atomic E-state index is 12.4. The normalized spacial score (nSPS) is 20.1. The van der Waals surface area contributed by atoms with Crippen LogP contribution >= 0.6 is 24.8 Å². The summed E-state index contributed by atoms with van der Waals surface area (Å²) >= 11 is 0. The lowest BCUT2D eigenvalue weighted by Gasteiger charge is -2.37. The number of nitrogens with one attached hydrogen (secondary N) is 1. The molecule has 24 heavy (non-hydrogen) atoms. The van der Waals surface area contributed by atoms with Gasteiger partial charge in [0, 0.05) is 26.2 Å². The van der Waals surface area contributed by atoms with Gasteiger partial charge in [-0.3, -0.25) is 4.79 Å². The first kappa shape index (κ1) is 20.9. The lowest BCUT2D eigenvalue weighted by Crippen LogP contribution is -2.53. The van der Waals surface area contributed by atoms with Crippen LogP contribution in [0.2, 0.25) is 0 Å². The van der Waals surface area contributed by atoms with Crippen LogP contribution in [-0.4, -0.2) is 56.2 Å². The van der Waals surface area contributed by atoms with Gasteiger partial charge in [0.2, 0.25) is 5.91 Å². The SMILES string of the molecule is CCOc1ccccc1N1CCN(C(=O)[C@@H]2CCCN2)CC1.Cl.Cl. The van der Waals surface area contributed by atoms with Crippen molar-refractivity contribution in [3.63, 3.8) is 0 Å². The number of nitrogens with zero attached hydrogens (tertiary/aromatic N) is 2. The molecule has 0 aromatic heterocycles. The van der Waals surface area contributed by atoms with Crippen LogP contribution in [0.1, 0.15) is 19.8 Å². The largest absolute Gasteiger partial charge is 0.492 e. The van der Waals surface area contributed by atoms with Gasteiger partial charge in [-0.15, -0.1) is 24.8 Å². The molecule has 1 N–H and O–H groups in total. The summed E-state index contributed by atoms with van der Waals surface area (Å²) in [5.41, 5.74) is 1.13. The predicted molar refractivity (Wildman–Crippen MR) is 102 cm³/mol. The highest BCUT2D eigenvalue weighted by Gasteiger charge is 2.29. The summed E-state index contributed by atoms with van der Waals surface area (Å²) in [6.45, 7) is 6.95. The number of carbonyl (C=O) groups is 1. The third kappa shape index (κ3) is 4.68. The van der Waals surface area contributed by atoms with Crippen LogP contribution in [0.15, 0.2) is 24.3 Å². The minimum absolute atomic E-state index is 0. The number of halogens is 2. The van der Waals surface area contributed by atoms with Crippen molar-refractivity contribution >= 4 is 36.4 Å². The molecular formula is C17H27Cl2N3O2. The van der Waals surface area contributed by atoms with Gasteiger partial charge in [-0.2, -0.15) is 0 Å². The molecule has 0 aliphatic carbocycles. The standard InChI is InChI=1S/C17H25N3O2.2ClH/c1-2-22-16-8-4-3-7-15(16)19-10-12-20(13-11-19)17(21)14-6-5-9-18-14;;/h3-4,7-8,14,18H,2,5-6,9-13H2,1H3;2*1H/t14-;;/m0../s1. The van der Waals surface area contributed by atoms with Gasteiger partial charge in [0.15, 0.2) is 0 Å². The molecule has 1 aromatic carbocycles. The highest BCUT2D eigenvalue weighted by atomic mass is 35.5. The maximum atomic E-state index is 12.4. The van der Waals surface area contributed by atoms with Crippen LogP contribution in [0.4, 0.5) is 5.69 Å². The Kier molecular flexibility index (Phi) is 8.67. The Hall–Kier alpha value is -1.17. The van der Waals surface area contributed by atoms with E-state index in [1.807, 2.05) is 30.0 Å². The Morgan fingerprint density at radius 1 is 1.21 bits per heavy atom. The molecule has 2 heterocycles. The van der Waals surface area contributed by atoms with E-state index in [2.05, 4.69) is 16.3 Å². The molecule has 1 amide bonds. The summed E-state index contributed by atoms with van der Waals surface area (Å²) in [4.78, 5) is 16.8. The Bertz CT molecular complexity index is 516. The summed E-state index contributed by atoms with van der Waals surface area (Å²) in [7, 11) is 0. The average molecular weight is 376 g/mol. The molecule has 0 spiro atoms. The van der Waals surface area contributed by atoms with Gasteiger partial charge in [-0.1, -0.05) is 12.1 Å². The van der Waals surface area contributed by atoms with Crippen LogP contribution in [0.25, 0.3) is 0 Å². The van der Waals surface area contributed by atoms with E-state index < -0.39 is 0 Å². The van der Waals surface area contributed by atoms with Gasteiger partial charge in [0.1, 0.15) is 5.75 Å². The zero-order valence-corrected chi connectivity index (χ0v) is 15.7. The Balaban J connectivity index is 0.00000144. The second kappa shape index (κ2) is 9.97. The van der Waals surface area contributed by atoms with Crippen molar-refractivity contribution < 1.29 is 9.53 Å². The molecule has 2 fully saturated rings. The van der Waals surface area contributed by atoms with Crippen molar-refractivity contribution in [2.45, 2.75) is 25.8 Å². The number of amides is 1. The minimum atomic E-state index is 0. The lowest BCUT2D eigenvalue weighted by atomic mass is 10.1. The highest BCUT2D eigenvalue weighted by Crippen LogP contribution is 2.29. The zero-order chi connectivity index (χ0) is 15.4. The van der Waals surface area contributed by atoms with Crippen molar-refractivity contribution in [2.24, 2.45) is 0 Å². The van der Waals surface area contributed by atoms with E-state index in [1.165, 1.54) is 0 Å². The van der Waals surface area contributed by atoms with Gasteiger partial charge in [-0.05, 0) is 38.4 Å². The third-order valence-corrected chi connectivity index (χ3v) is 4.46. The second-order valence-corrected chi connectivity index (χ2v) is 5.86. The number of anilines is 1. The van der Waals surface area contributed by atoms with E-state index in [9.17, 15) is 4.79 Å². The molecule has 2 saturated heterocycles. The molecule has 7 heteroatoms. The van der Waals surface area contributed by atoms with Crippen molar-refractivity contribution in [1.82, 2.24) is 10.2 Å². The summed E-state index contributed by atoms with van der Waals surface area (Å²) in [5.74, 6) is 1.21. The first-order valence-electron chi connectivity index (χ1n) is 8.28.